The van der Waals surface area contributed by atoms with Crippen LogP contribution in [0.4, 0.5) is 0 Å². The lowest BCUT2D eigenvalue weighted by atomic mass is 9.97. The molecule has 1 atom stereocenters. The summed E-state index contributed by atoms with van der Waals surface area (Å²) in [7, 11) is 0. The standard InChI is InChI=1S/C11H10N2O2/c1-8-4-3-5-11(13(14)15)9(2)6-10(8)7-12/h6,8H,5H2,1-2H3. The van der Waals surface area contributed by atoms with Gasteiger partial charge in [0.1, 0.15) is 6.42 Å². The lowest BCUT2D eigenvalue weighted by molar-refractivity contribution is -0.427. The molecule has 1 rings (SSSR count). The Kier molecular flexibility index (Phi) is 3.25. The van der Waals surface area contributed by atoms with Gasteiger partial charge in [0, 0.05) is 11.1 Å². The highest BCUT2D eigenvalue weighted by atomic mass is 16.6. The predicted octanol–water partition coefficient (Wildman–Crippen LogP) is 2.03. The molecule has 0 saturated carbocycles. The van der Waals surface area contributed by atoms with Crippen LogP contribution in [0.3, 0.4) is 0 Å². The molecule has 1 aliphatic rings. The smallest absolute Gasteiger partial charge is 0.259 e. The first-order valence-corrected chi connectivity index (χ1v) is 4.50. The number of allylic oxidation sites excluding steroid dienone is 4. The maximum Gasteiger partial charge on any atom is 0.260 e. The molecule has 15 heavy (non-hydrogen) atoms. The molecular formula is C11H10N2O2. The zero-order chi connectivity index (χ0) is 11.4. The fraction of sp³-hybridized carbons (Fsp3) is 0.364. The average molecular weight is 202 g/mol. The molecule has 0 saturated heterocycles. The second-order valence-corrected chi connectivity index (χ2v) is 3.32. The molecule has 0 amide bonds. The van der Waals surface area contributed by atoms with Gasteiger partial charge in [-0.2, -0.15) is 5.26 Å². The zero-order valence-electron chi connectivity index (χ0n) is 8.57. The second-order valence-electron chi connectivity index (χ2n) is 3.32. The molecule has 0 fully saturated rings. The van der Waals surface area contributed by atoms with Crippen LogP contribution in [0.5, 0.6) is 0 Å². The van der Waals surface area contributed by atoms with Crippen LogP contribution in [0.2, 0.25) is 0 Å². The third kappa shape index (κ3) is 2.45. The lowest BCUT2D eigenvalue weighted by Crippen LogP contribution is -2.04. The number of nitrogens with zero attached hydrogens (tertiary/aromatic N) is 2. The second kappa shape index (κ2) is 4.43. The summed E-state index contributed by atoms with van der Waals surface area (Å²) >= 11 is 0. The number of hydrogen-bond acceptors (Lipinski definition) is 3. The average Bonchev–Trinajstić information content (AvgIpc) is 2.17. The Morgan fingerprint density at radius 2 is 2.40 bits per heavy atom. The van der Waals surface area contributed by atoms with Crippen molar-refractivity contribution in [3.63, 3.8) is 0 Å². The van der Waals surface area contributed by atoms with Crippen LogP contribution < -0.4 is 0 Å². The summed E-state index contributed by atoms with van der Waals surface area (Å²) in [6.45, 7) is 3.45. The van der Waals surface area contributed by atoms with Gasteiger partial charge in [0.25, 0.3) is 5.70 Å². The van der Waals surface area contributed by atoms with Crippen molar-refractivity contribution in [2.45, 2.75) is 20.3 Å². The van der Waals surface area contributed by atoms with E-state index in [4.69, 9.17) is 5.26 Å². The van der Waals surface area contributed by atoms with Crippen molar-refractivity contribution in [1.29, 1.82) is 5.26 Å². The van der Waals surface area contributed by atoms with Gasteiger partial charge in [0.15, 0.2) is 0 Å². The molecule has 0 heterocycles. The topological polar surface area (TPSA) is 66.9 Å². The minimum Gasteiger partial charge on any atom is -0.259 e. The van der Waals surface area contributed by atoms with Crippen molar-refractivity contribution in [3.05, 3.63) is 33.0 Å². The molecule has 0 aromatic carbocycles. The van der Waals surface area contributed by atoms with Gasteiger partial charge in [0.05, 0.1) is 16.9 Å². The Morgan fingerprint density at radius 1 is 1.73 bits per heavy atom. The minimum atomic E-state index is -0.439. The van der Waals surface area contributed by atoms with E-state index < -0.39 is 4.92 Å². The molecule has 4 heteroatoms. The normalized spacial score (nSPS) is 20.3. The van der Waals surface area contributed by atoms with Gasteiger partial charge >= 0.3 is 0 Å². The van der Waals surface area contributed by atoms with E-state index in [2.05, 4.69) is 11.8 Å². The van der Waals surface area contributed by atoms with Gasteiger partial charge in [-0.3, -0.25) is 10.1 Å². The van der Waals surface area contributed by atoms with Crippen LogP contribution in [-0.4, -0.2) is 4.92 Å². The summed E-state index contributed by atoms with van der Waals surface area (Å²) in [5.41, 5.74) is 1.05. The Hall–Kier alpha value is -2.07. The van der Waals surface area contributed by atoms with Gasteiger partial charge in [-0.25, -0.2) is 0 Å². The minimum absolute atomic E-state index is 0.0714. The first kappa shape index (κ1) is 11.0. The highest BCUT2D eigenvalue weighted by Gasteiger charge is 2.16. The van der Waals surface area contributed by atoms with Gasteiger partial charge in [-0.15, -0.1) is 0 Å². The molecule has 0 aliphatic heterocycles. The number of nitriles is 1. The van der Waals surface area contributed by atoms with Gasteiger partial charge in [-0.1, -0.05) is 11.8 Å². The molecular weight excluding hydrogens is 192 g/mol. The first-order valence-electron chi connectivity index (χ1n) is 4.50. The largest absolute Gasteiger partial charge is 0.260 e. The summed E-state index contributed by atoms with van der Waals surface area (Å²) in [5, 5.41) is 19.5. The summed E-state index contributed by atoms with van der Waals surface area (Å²) in [5.74, 6) is 5.38. The molecule has 0 spiro atoms. The SMILES string of the molecule is CC1=C([N+](=O)[O-])CC#CC(C)C(C#N)=C1. The molecule has 1 unspecified atom stereocenters. The van der Waals surface area contributed by atoms with E-state index in [-0.39, 0.29) is 18.0 Å². The third-order valence-corrected chi connectivity index (χ3v) is 2.22. The number of nitro groups is 1. The van der Waals surface area contributed by atoms with E-state index in [1.165, 1.54) is 0 Å². The summed E-state index contributed by atoms with van der Waals surface area (Å²) in [6.07, 6.45) is 1.69. The summed E-state index contributed by atoms with van der Waals surface area (Å²) < 4.78 is 0. The Labute approximate surface area is 88.0 Å². The van der Waals surface area contributed by atoms with Crippen molar-refractivity contribution < 1.29 is 4.92 Å². The maximum absolute atomic E-state index is 10.7. The molecule has 76 valence electrons. The van der Waals surface area contributed by atoms with E-state index in [0.29, 0.717) is 11.1 Å². The predicted molar refractivity (Wildman–Crippen MR) is 54.9 cm³/mol. The Bertz CT molecular complexity index is 455. The van der Waals surface area contributed by atoms with Crippen LogP contribution in [0.15, 0.2) is 22.9 Å². The van der Waals surface area contributed by atoms with Crippen LogP contribution in [0.25, 0.3) is 0 Å². The van der Waals surface area contributed by atoms with Crippen molar-refractivity contribution in [2.24, 2.45) is 5.92 Å². The Morgan fingerprint density at radius 3 is 2.93 bits per heavy atom. The summed E-state index contributed by atoms with van der Waals surface area (Å²) in [6, 6.07) is 2.01. The first-order chi connectivity index (χ1) is 7.06. The van der Waals surface area contributed by atoms with Crippen molar-refractivity contribution in [3.8, 4) is 17.9 Å². The van der Waals surface area contributed by atoms with Crippen LogP contribution in [0.1, 0.15) is 20.3 Å². The van der Waals surface area contributed by atoms with E-state index >= 15 is 0 Å². The molecule has 4 nitrogen and oxygen atoms in total. The highest BCUT2D eigenvalue weighted by Crippen LogP contribution is 2.18. The van der Waals surface area contributed by atoms with E-state index in [9.17, 15) is 10.1 Å². The van der Waals surface area contributed by atoms with Crippen molar-refractivity contribution in [2.75, 3.05) is 0 Å². The monoisotopic (exact) mass is 202 g/mol. The molecule has 0 aromatic rings. The van der Waals surface area contributed by atoms with E-state index in [0.717, 1.165) is 0 Å². The molecule has 0 N–H and O–H groups in total. The van der Waals surface area contributed by atoms with E-state index in [1.807, 2.05) is 13.0 Å². The summed E-state index contributed by atoms with van der Waals surface area (Å²) in [4.78, 5) is 10.2. The highest BCUT2D eigenvalue weighted by molar-refractivity contribution is 5.39. The van der Waals surface area contributed by atoms with Gasteiger partial charge in [0.2, 0.25) is 0 Å². The quantitative estimate of drug-likeness (QED) is 0.371. The molecule has 0 aromatic heterocycles. The molecule has 0 bridgehead atoms. The maximum atomic E-state index is 10.7. The van der Waals surface area contributed by atoms with Gasteiger partial charge < -0.3 is 0 Å². The van der Waals surface area contributed by atoms with Gasteiger partial charge in [-0.05, 0) is 19.9 Å². The Balaban J connectivity index is 3.27. The fourth-order valence-corrected chi connectivity index (χ4v) is 1.28. The molecule has 1 aliphatic carbocycles. The van der Waals surface area contributed by atoms with Crippen LogP contribution in [-0.2, 0) is 0 Å². The zero-order valence-corrected chi connectivity index (χ0v) is 8.57. The molecule has 0 radical (unpaired) electrons. The lowest BCUT2D eigenvalue weighted by Gasteiger charge is -2.05. The van der Waals surface area contributed by atoms with Crippen LogP contribution >= 0.6 is 0 Å². The van der Waals surface area contributed by atoms with Crippen molar-refractivity contribution >= 4 is 0 Å². The van der Waals surface area contributed by atoms with E-state index in [1.54, 1.807) is 13.0 Å². The third-order valence-electron chi connectivity index (χ3n) is 2.22. The fourth-order valence-electron chi connectivity index (χ4n) is 1.28. The van der Waals surface area contributed by atoms with Crippen LogP contribution in [0, 0.1) is 39.2 Å². The van der Waals surface area contributed by atoms with Crippen molar-refractivity contribution in [1.82, 2.24) is 0 Å². The number of rotatable bonds is 1. The number of hydrogen-bond donors (Lipinski definition) is 0.